The summed E-state index contributed by atoms with van der Waals surface area (Å²) in [5, 5.41) is 0.336. The van der Waals surface area contributed by atoms with Crippen molar-refractivity contribution in [1.29, 1.82) is 0 Å². The van der Waals surface area contributed by atoms with E-state index in [-0.39, 0.29) is 12.2 Å². The van der Waals surface area contributed by atoms with Gasteiger partial charge in [0.15, 0.2) is 17.4 Å². The Bertz CT molecular complexity index is 609. The van der Waals surface area contributed by atoms with E-state index in [0.717, 1.165) is 0 Å². The fraction of sp³-hybridized carbons (Fsp3) is 0.143. The van der Waals surface area contributed by atoms with Gasteiger partial charge in [-0.3, -0.25) is 0 Å². The zero-order valence-electron chi connectivity index (χ0n) is 10.1. The molecule has 0 aromatic heterocycles. The standard InChI is InChI=1S/C14H9Br2F3O/c15-6-8-3-12(18)14(13(19)4-8)20-7-9-1-2-10(16)5-11(9)17/h1-5H,6-7H2. The summed E-state index contributed by atoms with van der Waals surface area (Å²) in [6.45, 7) is -0.249. The van der Waals surface area contributed by atoms with Crippen molar-refractivity contribution in [1.82, 2.24) is 0 Å². The summed E-state index contributed by atoms with van der Waals surface area (Å²) in [5.74, 6) is -2.62. The molecule has 0 saturated carbocycles. The van der Waals surface area contributed by atoms with Gasteiger partial charge in [-0.25, -0.2) is 13.2 Å². The van der Waals surface area contributed by atoms with E-state index in [1.165, 1.54) is 24.3 Å². The maximum Gasteiger partial charge on any atom is 0.191 e. The van der Waals surface area contributed by atoms with Crippen molar-refractivity contribution >= 4 is 31.9 Å². The Labute approximate surface area is 131 Å². The van der Waals surface area contributed by atoms with Crippen LogP contribution in [0.4, 0.5) is 13.2 Å². The Morgan fingerprint density at radius 1 is 0.950 bits per heavy atom. The second-order valence-corrected chi connectivity index (χ2v) is 5.52. The van der Waals surface area contributed by atoms with Crippen LogP contribution in [-0.4, -0.2) is 0 Å². The first kappa shape index (κ1) is 15.4. The summed E-state index contributed by atoms with van der Waals surface area (Å²) >= 11 is 6.24. The second-order valence-electron chi connectivity index (χ2n) is 4.05. The van der Waals surface area contributed by atoms with Crippen LogP contribution in [0.5, 0.6) is 5.75 Å². The summed E-state index contributed by atoms with van der Waals surface area (Å²) in [6.07, 6.45) is 0. The molecule has 1 nitrogen and oxygen atoms in total. The minimum atomic E-state index is -0.808. The molecule has 0 aliphatic heterocycles. The first-order valence-corrected chi connectivity index (χ1v) is 7.53. The molecule has 0 heterocycles. The van der Waals surface area contributed by atoms with Gasteiger partial charge in [-0.05, 0) is 29.8 Å². The lowest BCUT2D eigenvalue weighted by atomic mass is 10.2. The lowest BCUT2D eigenvalue weighted by molar-refractivity contribution is 0.269. The van der Waals surface area contributed by atoms with Gasteiger partial charge in [0.25, 0.3) is 0 Å². The Kier molecular flexibility index (Phi) is 5.10. The van der Waals surface area contributed by atoms with Crippen molar-refractivity contribution in [2.24, 2.45) is 0 Å². The van der Waals surface area contributed by atoms with Crippen molar-refractivity contribution in [2.45, 2.75) is 11.9 Å². The highest BCUT2D eigenvalue weighted by Gasteiger charge is 2.13. The highest BCUT2D eigenvalue weighted by atomic mass is 79.9. The van der Waals surface area contributed by atoms with Gasteiger partial charge >= 0.3 is 0 Å². The van der Waals surface area contributed by atoms with E-state index in [2.05, 4.69) is 31.9 Å². The molecule has 0 atom stereocenters. The molecule has 0 bridgehead atoms. The topological polar surface area (TPSA) is 9.23 Å². The average Bonchev–Trinajstić information content (AvgIpc) is 2.39. The summed E-state index contributed by atoms with van der Waals surface area (Å²) in [4.78, 5) is 0. The Morgan fingerprint density at radius 2 is 1.60 bits per heavy atom. The zero-order chi connectivity index (χ0) is 14.7. The second kappa shape index (κ2) is 6.63. The third-order valence-electron chi connectivity index (χ3n) is 2.60. The number of hydrogen-bond donors (Lipinski definition) is 0. The molecule has 0 radical (unpaired) electrons. The van der Waals surface area contributed by atoms with Crippen LogP contribution in [0.3, 0.4) is 0 Å². The molecule has 0 amide bonds. The van der Waals surface area contributed by atoms with Crippen LogP contribution in [0.25, 0.3) is 0 Å². The fourth-order valence-electron chi connectivity index (χ4n) is 1.62. The molecular weight excluding hydrogens is 401 g/mol. The van der Waals surface area contributed by atoms with Gasteiger partial charge in [-0.1, -0.05) is 37.9 Å². The van der Waals surface area contributed by atoms with E-state index in [1.54, 1.807) is 6.07 Å². The van der Waals surface area contributed by atoms with E-state index >= 15 is 0 Å². The molecule has 0 N–H and O–H groups in total. The number of benzene rings is 2. The van der Waals surface area contributed by atoms with Crippen LogP contribution in [0, 0.1) is 17.5 Å². The number of rotatable bonds is 4. The van der Waals surface area contributed by atoms with E-state index < -0.39 is 23.2 Å². The number of alkyl halides is 1. The molecule has 0 saturated heterocycles. The normalized spacial score (nSPS) is 10.7. The molecule has 106 valence electrons. The van der Waals surface area contributed by atoms with Gasteiger partial charge in [0.05, 0.1) is 0 Å². The van der Waals surface area contributed by atoms with Crippen molar-refractivity contribution in [3.8, 4) is 5.75 Å². The maximum atomic E-state index is 13.7. The number of hydrogen-bond acceptors (Lipinski definition) is 1. The molecule has 20 heavy (non-hydrogen) atoms. The van der Waals surface area contributed by atoms with Crippen molar-refractivity contribution in [3.63, 3.8) is 0 Å². The Morgan fingerprint density at radius 3 is 2.15 bits per heavy atom. The quantitative estimate of drug-likeness (QED) is 0.619. The van der Waals surface area contributed by atoms with E-state index in [9.17, 15) is 13.2 Å². The zero-order valence-corrected chi connectivity index (χ0v) is 13.3. The van der Waals surface area contributed by atoms with Crippen molar-refractivity contribution < 1.29 is 17.9 Å². The third-order valence-corrected chi connectivity index (χ3v) is 3.74. The van der Waals surface area contributed by atoms with Gasteiger partial charge in [0, 0.05) is 15.4 Å². The Hall–Kier alpha value is -1.01. The summed E-state index contributed by atoms with van der Waals surface area (Å²) in [5.41, 5.74) is 0.679. The first-order valence-electron chi connectivity index (χ1n) is 5.62. The monoisotopic (exact) mass is 408 g/mol. The van der Waals surface area contributed by atoms with Crippen LogP contribution in [-0.2, 0) is 11.9 Å². The lowest BCUT2D eigenvalue weighted by Gasteiger charge is -2.10. The summed E-state index contributed by atoms with van der Waals surface area (Å²) in [6, 6.07) is 6.72. The van der Waals surface area contributed by atoms with Crippen LogP contribution < -0.4 is 4.74 Å². The molecule has 2 rings (SSSR count). The minimum Gasteiger partial charge on any atom is -0.483 e. The van der Waals surface area contributed by atoms with Gasteiger partial charge in [0.2, 0.25) is 0 Å². The number of halogens is 5. The lowest BCUT2D eigenvalue weighted by Crippen LogP contribution is -2.02. The maximum absolute atomic E-state index is 13.7. The van der Waals surface area contributed by atoms with Crippen LogP contribution >= 0.6 is 31.9 Å². The SMILES string of the molecule is Fc1cc(Br)ccc1COc1c(F)cc(CBr)cc1F. The van der Waals surface area contributed by atoms with Gasteiger partial charge < -0.3 is 4.74 Å². The molecule has 0 unspecified atom stereocenters. The first-order chi connectivity index (χ1) is 9.51. The highest BCUT2D eigenvalue weighted by Crippen LogP contribution is 2.26. The molecule has 2 aromatic rings. The molecule has 0 fully saturated rings. The van der Waals surface area contributed by atoms with E-state index in [4.69, 9.17) is 4.74 Å². The Balaban J connectivity index is 2.19. The predicted molar refractivity (Wildman–Crippen MR) is 77.4 cm³/mol. The molecule has 0 spiro atoms. The molecule has 2 aromatic carbocycles. The highest BCUT2D eigenvalue weighted by molar-refractivity contribution is 9.10. The predicted octanol–water partition coefficient (Wildman–Crippen LogP) is 5.34. The third kappa shape index (κ3) is 3.55. The van der Waals surface area contributed by atoms with Crippen LogP contribution in [0.15, 0.2) is 34.8 Å². The van der Waals surface area contributed by atoms with Gasteiger partial charge in [-0.2, -0.15) is 0 Å². The van der Waals surface area contributed by atoms with Crippen molar-refractivity contribution in [3.05, 3.63) is 63.4 Å². The van der Waals surface area contributed by atoms with Crippen LogP contribution in [0.2, 0.25) is 0 Å². The van der Waals surface area contributed by atoms with E-state index in [0.29, 0.717) is 15.4 Å². The average molecular weight is 410 g/mol. The summed E-state index contributed by atoms with van der Waals surface area (Å²) < 4.78 is 46.6. The minimum absolute atomic E-state index is 0.219. The molecular formula is C14H9Br2F3O. The fourth-order valence-corrected chi connectivity index (χ4v) is 2.27. The number of ether oxygens (including phenoxy) is 1. The smallest absolute Gasteiger partial charge is 0.191 e. The largest absolute Gasteiger partial charge is 0.483 e. The molecule has 0 aliphatic carbocycles. The summed E-state index contributed by atoms with van der Waals surface area (Å²) in [7, 11) is 0. The molecule has 6 heteroatoms. The van der Waals surface area contributed by atoms with Crippen molar-refractivity contribution in [2.75, 3.05) is 0 Å². The van der Waals surface area contributed by atoms with Gasteiger partial charge in [-0.15, -0.1) is 0 Å². The van der Waals surface area contributed by atoms with Gasteiger partial charge in [0.1, 0.15) is 12.4 Å². The molecule has 0 aliphatic rings. The van der Waals surface area contributed by atoms with E-state index in [1.807, 2.05) is 0 Å². The van der Waals surface area contributed by atoms with Crippen LogP contribution in [0.1, 0.15) is 11.1 Å².